The van der Waals surface area contributed by atoms with Gasteiger partial charge in [-0.3, -0.25) is 24.6 Å². The highest BCUT2D eigenvalue weighted by molar-refractivity contribution is 8.15. The highest BCUT2D eigenvalue weighted by Gasteiger charge is 2.31. The molecule has 0 radical (unpaired) electrons. The third-order valence-electron chi connectivity index (χ3n) is 6.47. The molecule has 1 fully saturated rings. The number of ether oxygens (including phenoxy) is 3. The average Bonchev–Trinajstić information content (AvgIpc) is 3.26. The van der Waals surface area contributed by atoms with Crippen molar-refractivity contribution in [2.45, 2.75) is 51.9 Å². The van der Waals surface area contributed by atoms with Crippen LogP contribution in [0, 0.1) is 13.8 Å². The van der Waals surface area contributed by atoms with E-state index < -0.39 is 22.9 Å². The van der Waals surface area contributed by atoms with Gasteiger partial charge in [0.15, 0.2) is 6.61 Å². The van der Waals surface area contributed by atoms with Gasteiger partial charge in [0, 0.05) is 13.1 Å². The van der Waals surface area contributed by atoms with Gasteiger partial charge in [0.25, 0.3) is 11.1 Å². The number of carbonyl (C=O) groups excluding carboxylic acids is 4. The normalized spacial score (nSPS) is 14.5. The maximum atomic E-state index is 12.9. The van der Waals surface area contributed by atoms with Crippen molar-refractivity contribution in [2.75, 3.05) is 23.9 Å². The summed E-state index contributed by atoms with van der Waals surface area (Å²) in [5, 5.41) is 14.2. The van der Waals surface area contributed by atoms with Gasteiger partial charge < -0.3 is 24.6 Å². The zero-order chi connectivity index (χ0) is 32.2. The number of amides is 4. The van der Waals surface area contributed by atoms with E-state index in [-0.39, 0.29) is 23.5 Å². The maximum absolute atomic E-state index is 12.9. The Morgan fingerprint density at radius 1 is 1.00 bits per heavy atom. The summed E-state index contributed by atoms with van der Waals surface area (Å²) in [4.78, 5) is 50.3. The lowest BCUT2D eigenvalue weighted by Gasteiger charge is -2.26. The van der Waals surface area contributed by atoms with Gasteiger partial charge in [-0.05, 0) is 94.1 Å². The SMILES string of the molecule is Cc1cc(Oc2ccc(NC(=O)COc3ccc(CC4SC(=O)NC4=O)cc3)c(N(C)C(=O)OC(C)(C)C)c2)c(C)cc1O. The summed E-state index contributed by atoms with van der Waals surface area (Å²) in [6.07, 6.45) is -0.237. The Morgan fingerprint density at radius 2 is 1.68 bits per heavy atom. The Bertz CT molecular complexity index is 1580. The molecule has 1 saturated heterocycles. The summed E-state index contributed by atoms with van der Waals surface area (Å²) in [6.45, 7) is 8.52. The van der Waals surface area contributed by atoms with Gasteiger partial charge in [-0.25, -0.2) is 4.79 Å². The molecule has 0 saturated carbocycles. The van der Waals surface area contributed by atoms with Crippen LogP contribution >= 0.6 is 11.8 Å². The first-order valence-electron chi connectivity index (χ1n) is 13.8. The van der Waals surface area contributed by atoms with Crippen molar-refractivity contribution in [3.8, 4) is 23.0 Å². The molecule has 3 N–H and O–H groups in total. The number of phenolic OH excluding ortho intramolecular Hbond substituents is 1. The molecule has 3 aromatic carbocycles. The number of phenols is 1. The molecular formula is C32H35N3O8S. The van der Waals surface area contributed by atoms with Crippen molar-refractivity contribution < 1.29 is 38.5 Å². The van der Waals surface area contributed by atoms with E-state index in [1.165, 1.54) is 11.9 Å². The number of aromatic hydroxyl groups is 1. The summed E-state index contributed by atoms with van der Waals surface area (Å²) in [6, 6.07) is 15.1. The maximum Gasteiger partial charge on any atom is 0.414 e. The topological polar surface area (TPSA) is 144 Å². The van der Waals surface area contributed by atoms with Crippen LogP contribution in [0.2, 0.25) is 0 Å². The second-order valence-electron chi connectivity index (χ2n) is 11.3. The molecule has 1 atom stereocenters. The number of anilines is 2. The second kappa shape index (κ2) is 13.3. The third-order valence-corrected chi connectivity index (χ3v) is 7.46. The Morgan fingerprint density at radius 3 is 2.32 bits per heavy atom. The molecule has 1 heterocycles. The van der Waals surface area contributed by atoms with Crippen LogP contribution in [0.4, 0.5) is 21.0 Å². The second-order valence-corrected chi connectivity index (χ2v) is 12.5. The smallest absolute Gasteiger partial charge is 0.414 e. The zero-order valence-corrected chi connectivity index (χ0v) is 26.2. The Balaban J connectivity index is 1.46. The molecule has 232 valence electrons. The van der Waals surface area contributed by atoms with Crippen LogP contribution in [-0.4, -0.2) is 52.8 Å². The number of thioether (sulfide) groups is 1. The number of benzene rings is 3. The highest BCUT2D eigenvalue weighted by Crippen LogP contribution is 2.36. The summed E-state index contributed by atoms with van der Waals surface area (Å²) < 4.78 is 17.3. The number of aryl methyl sites for hydroxylation is 2. The van der Waals surface area contributed by atoms with Crippen LogP contribution in [0.5, 0.6) is 23.0 Å². The van der Waals surface area contributed by atoms with Crippen molar-refractivity contribution in [3.63, 3.8) is 0 Å². The molecule has 1 unspecified atom stereocenters. The molecule has 3 aromatic rings. The summed E-state index contributed by atoms with van der Waals surface area (Å²) in [7, 11) is 1.53. The molecule has 44 heavy (non-hydrogen) atoms. The Kier molecular flexibility index (Phi) is 9.73. The first kappa shape index (κ1) is 32.2. The summed E-state index contributed by atoms with van der Waals surface area (Å²) >= 11 is 0.965. The molecule has 0 spiro atoms. The number of nitrogens with zero attached hydrogens (tertiary/aromatic N) is 1. The van der Waals surface area contributed by atoms with Crippen molar-refractivity contribution in [3.05, 3.63) is 71.3 Å². The quantitative estimate of drug-likeness (QED) is 0.259. The van der Waals surface area contributed by atoms with Gasteiger partial charge in [0.2, 0.25) is 5.91 Å². The first-order valence-corrected chi connectivity index (χ1v) is 14.7. The molecular weight excluding hydrogens is 586 g/mol. The van der Waals surface area contributed by atoms with Gasteiger partial charge in [-0.15, -0.1) is 0 Å². The minimum atomic E-state index is -0.743. The Hall–Kier alpha value is -4.71. The van der Waals surface area contributed by atoms with E-state index in [9.17, 15) is 24.3 Å². The molecule has 1 aliphatic heterocycles. The predicted molar refractivity (Wildman–Crippen MR) is 168 cm³/mol. The minimum Gasteiger partial charge on any atom is -0.508 e. The van der Waals surface area contributed by atoms with Crippen LogP contribution in [0.3, 0.4) is 0 Å². The molecule has 0 bridgehead atoms. The first-order chi connectivity index (χ1) is 20.7. The van der Waals surface area contributed by atoms with Crippen LogP contribution in [0.15, 0.2) is 54.6 Å². The fraction of sp³-hybridized carbons (Fsp3) is 0.312. The lowest BCUT2D eigenvalue weighted by Crippen LogP contribution is -2.34. The van der Waals surface area contributed by atoms with E-state index in [1.54, 1.807) is 89.2 Å². The molecule has 0 aromatic heterocycles. The van der Waals surface area contributed by atoms with Gasteiger partial charge in [0.05, 0.1) is 16.6 Å². The zero-order valence-electron chi connectivity index (χ0n) is 25.3. The fourth-order valence-electron chi connectivity index (χ4n) is 4.20. The number of nitrogens with one attached hydrogen (secondary N) is 2. The lowest BCUT2D eigenvalue weighted by atomic mass is 10.1. The van der Waals surface area contributed by atoms with Crippen LogP contribution < -0.4 is 25.0 Å². The van der Waals surface area contributed by atoms with Crippen molar-refractivity contribution in [2.24, 2.45) is 0 Å². The van der Waals surface area contributed by atoms with E-state index in [2.05, 4.69) is 10.6 Å². The van der Waals surface area contributed by atoms with Crippen molar-refractivity contribution in [1.82, 2.24) is 5.32 Å². The molecule has 1 aliphatic rings. The number of hydrogen-bond donors (Lipinski definition) is 3. The number of hydrogen-bond acceptors (Lipinski definition) is 9. The van der Waals surface area contributed by atoms with Gasteiger partial charge in [-0.2, -0.15) is 0 Å². The van der Waals surface area contributed by atoms with Crippen LogP contribution in [0.25, 0.3) is 0 Å². The largest absolute Gasteiger partial charge is 0.508 e. The third kappa shape index (κ3) is 8.44. The molecule has 12 heteroatoms. The summed E-state index contributed by atoms with van der Waals surface area (Å²) in [5.41, 5.74) is 2.12. The standard InChI is InChI=1S/C32H35N3O8S/c1-18-14-26(19(2)13-25(18)36)42-22-11-12-23(24(16-22)35(6)31(40)43-32(3,4)5)33-28(37)17-41-21-9-7-20(8-10-21)15-27-29(38)34-30(39)44-27/h7-14,16,27,36H,15,17H2,1-6H3,(H,33,37)(H,34,38,39). The van der Waals surface area contributed by atoms with E-state index in [1.807, 2.05) is 0 Å². The number of carbonyl (C=O) groups is 4. The predicted octanol–water partition coefficient (Wildman–Crippen LogP) is 6.08. The Labute approximate surface area is 259 Å². The number of rotatable bonds is 9. The monoisotopic (exact) mass is 621 g/mol. The van der Waals surface area contributed by atoms with Crippen molar-refractivity contribution >= 4 is 46.3 Å². The van der Waals surface area contributed by atoms with Gasteiger partial charge >= 0.3 is 6.09 Å². The van der Waals surface area contributed by atoms with Crippen LogP contribution in [-0.2, 0) is 20.7 Å². The van der Waals surface area contributed by atoms with E-state index in [0.717, 1.165) is 22.9 Å². The molecule has 0 aliphatic carbocycles. The fourth-order valence-corrected chi connectivity index (χ4v) is 5.06. The average molecular weight is 622 g/mol. The molecule has 4 rings (SSSR count). The lowest BCUT2D eigenvalue weighted by molar-refractivity contribution is -0.119. The van der Waals surface area contributed by atoms with Crippen molar-refractivity contribution in [1.29, 1.82) is 0 Å². The van der Waals surface area contributed by atoms with Gasteiger partial charge in [-0.1, -0.05) is 23.9 Å². The highest BCUT2D eigenvalue weighted by atomic mass is 32.2. The van der Waals surface area contributed by atoms with E-state index in [4.69, 9.17) is 14.2 Å². The minimum absolute atomic E-state index is 0.159. The van der Waals surface area contributed by atoms with Gasteiger partial charge in [0.1, 0.15) is 28.6 Å². The van der Waals surface area contributed by atoms with E-state index in [0.29, 0.717) is 40.6 Å². The van der Waals surface area contributed by atoms with E-state index >= 15 is 0 Å². The number of imide groups is 1. The molecule has 11 nitrogen and oxygen atoms in total. The molecule has 4 amide bonds. The summed E-state index contributed by atoms with van der Waals surface area (Å²) in [5.74, 6) is 0.754. The van der Waals surface area contributed by atoms with Crippen LogP contribution in [0.1, 0.15) is 37.5 Å².